The summed E-state index contributed by atoms with van der Waals surface area (Å²) in [6.07, 6.45) is -0.390. The zero-order valence-corrected chi connectivity index (χ0v) is 17.4. The highest BCUT2D eigenvalue weighted by atomic mass is 32.2. The van der Waals surface area contributed by atoms with Crippen LogP contribution in [-0.4, -0.2) is 24.5 Å². The third-order valence-electron chi connectivity index (χ3n) is 5.60. The smallest absolute Gasteiger partial charge is 0.304 e. The third kappa shape index (κ3) is 5.12. The lowest BCUT2D eigenvalue weighted by molar-refractivity contribution is -0.137. The lowest BCUT2D eigenvalue weighted by Crippen LogP contribution is -2.24. The summed E-state index contributed by atoms with van der Waals surface area (Å²) in [6.45, 7) is 7.57. The number of nitrogens with zero attached hydrogens (tertiary/aromatic N) is 1. The fourth-order valence-corrected chi connectivity index (χ4v) is 5.09. The highest BCUT2D eigenvalue weighted by molar-refractivity contribution is 7.99. The molecule has 0 N–H and O–H groups in total. The van der Waals surface area contributed by atoms with E-state index in [1.54, 1.807) is 17.8 Å². The second-order valence-electron chi connectivity index (χ2n) is 7.38. The number of unbranched alkanes of at least 4 members (excludes halogenated alkanes) is 1. The van der Waals surface area contributed by atoms with Crippen molar-refractivity contribution in [3.05, 3.63) is 59.2 Å². The van der Waals surface area contributed by atoms with Gasteiger partial charge in [0, 0.05) is 9.79 Å². The summed E-state index contributed by atoms with van der Waals surface area (Å²) in [5.74, 6) is 0.269. The van der Waals surface area contributed by atoms with Crippen molar-refractivity contribution in [2.45, 2.75) is 61.4 Å². The zero-order valence-electron chi connectivity index (χ0n) is 16.6. The summed E-state index contributed by atoms with van der Waals surface area (Å²) in [6, 6.07) is 12.5. The van der Waals surface area contributed by atoms with E-state index in [0.717, 1.165) is 49.4 Å². The summed E-state index contributed by atoms with van der Waals surface area (Å²) in [4.78, 5) is 4.54. The van der Waals surface area contributed by atoms with Crippen molar-refractivity contribution >= 4 is 11.8 Å². The molecular weight excluding hydrogens is 379 g/mol. The number of fused-ring (bicyclic) bond motifs is 2. The molecular formula is C23H28F3NS. The molecule has 1 unspecified atom stereocenters. The number of alkyl halides is 3. The molecule has 0 saturated carbocycles. The maximum Gasteiger partial charge on any atom is 0.416 e. The first-order chi connectivity index (χ1) is 13.4. The van der Waals surface area contributed by atoms with Gasteiger partial charge >= 0.3 is 6.18 Å². The maximum atomic E-state index is 13.2. The van der Waals surface area contributed by atoms with Crippen LogP contribution < -0.4 is 0 Å². The summed E-state index contributed by atoms with van der Waals surface area (Å²) in [5, 5.41) is 0. The van der Waals surface area contributed by atoms with Gasteiger partial charge in [0.2, 0.25) is 0 Å². The minimum atomic E-state index is -4.29. The van der Waals surface area contributed by atoms with Crippen molar-refractivity contribution in [2.24, 2.45) is 0 Å². The Bertz CT molecular complexity index is 784. The second kappa shape index (κ2) is 9.36. The van der Waals surface area contributed by atoms with E-state index in [1.165, 1.54) is 22.6 Å². The summed E-state index contributed by atoms with van der Waals surface area (Å²) in [5.41, 5.74) is 1.56. The molecule has 0 saturated heterocycles. The topological polar surface area (TPSA) is 3.24 Å². The van der Waals surface area contributed by atoms with Crippen molar-refractivity contribution in [3.8, 4) is 0 Å². The first-order valence-electron chi connectivity index (χ1n) is 10.1. The van der Waals surface area contributed by atoms with Crippen LogP contribution in [0.5, 0.6) is 0 Å². The molecule has 0 bridgehead atoms. The minimum absolute atomic E-state index is 0.269. The largest absolute Gasteiger partial charge is 0.416 e. The van der Waals surface area contributed by atoms with E-state index < -0.39 is 11.7 Å². The van der Waals surface area contributed by atoms with Crippen LogP contribution >= 0.6 is 11.8 Å². The second-order valence-corrected chi connectivity index (χ2v) is 8.47. The van der Waals surface area contributed by atoms with Crippen molar-refractivity contribution in [3.63, 3.8) is 0 Å². The summed E-state index contributed by atoms with van der Waals surface area (Å²) in [7, 11) is 0. The van der Waals surface area contributed by atoms with Gasteiger partial charge in [-0.3, -0.25) is 0 Å². The third-order valence-corrected chi connectivity index (χ3v) is 6.81. The molecule has 5 heteroatoms. The van der Waals surface area contributed by atoms with Crippen molar-refractivity contribution in [2.75, 3.05) is 19.6 Å². The average molecular weight is 408 g/mol. The number of halogens is 3. The highest BCUT2D eigenvalue weighted by Gasteiger charge is 2.32. The Morgan fingerprint density at radius 2 is 1.75 bits per heavy atom. The van der Waals surface area contributed by atoms with Crippen LogP contribution in [0.4, 0.5) is 13.2 Å². The molecule has 0 aliphatic carbocycles. The molecule has 0 fully saturated rings. The van der Waals surface area contributed by atoms with Gasteiger partial charge in [-0.15, -0.1) is 0 Å². The molecule has 0 spiro atoms. The van der Waals surface area contributed by atoms with E-state index in [2.05, 4.69) is 30.9 Å². The minimum Gasteiger partial charge on any atom is -0.304 e. The molecule has 0 radical (unpaired) electrons. The van der Waals surface area contributed by atoms with Crippen LogP contribution in [-0.2, 0) is 12.6 Å². The number of hydrogen-bond acceptors (Lipinski definition) is 2. The Hall–Kier alpha value is -1.46. The molecule has 1 aliphatic heterocycles. The lowest BCUT2D eigenvalue weighted by Gasteiger charge is -2.20. The Labute approximate surface area is 170 Å². The molecule has 0 amide bonds. The van der Waals surface area contributed by atoms with Crippen LogP contribution in [0.15, 0.2) is 52.3 Å². The standard InChI is InChI=1S/C23H28F3NS/c1-3-27(4-2)14-8-7-9-17-15-18-16-19(23(24,25)26)12-13-21(18)28-22-11-6-5-10-20(17)22/h5-6,10-13,16-17H,3-4,7-9,14-15H2,1-2H3. The number of hydrogen-bond donors (Lipinski definition) is 0. The molecule has 3 rings (SSSR count). The van der Waals surface area contributed by atoms with Gasteiger partial charge in [-0.25, -0.2) is 0 Å². The Morgan fingerprint density at radius 1 is 1.00 bits per heavy atom. The maximum absolute atomic E-state index is 13.2. The van der Waals surface area contributed by atoms with Gasteiger partial charge in [0.1, 0.15) is 0 Å². The van der Waals surface area contributed by atoms with Crippen LogP contribution in [0, 0.1) is 0 Å². The van der Waals surface area contributed by atoms with Gasteiger partial charge < -0.3 is 4.90 Å². The molecule has 1 heterocycles. The van der Waals surface area contributed by atoms with Crippen molar-refractivity contribution in [1.29, 1.82) is 0 Å². The summed E-state index contributed by atoms with van der Waals surface area (Å²) < 4.78 is 39.6. The molecule has 2 aromatic carbocycles. The fraction of sp³-hybridized carbons (Fsp3) is 0.478. The average Bonchev–Trinajstić information content (AvgIpc) is 2.83. The van der Waals surface area contributed by atoms with Crippen molar-refractivity contribution < 1.29 is 13.2 Å². The van der Waals surface area contributed by atoms with Gasteiger partial charge in [-0.2, -0.15) is 13.2 Å². The molecule has 28 heavy (non-hydrogen) atoms. The molecule has 1 aliphatic rings. The van der Waals surface area contributed by atoms with Gasteiger partial charge in [-0.05, 0) is 80.2 Å². The Balaban J connectivity index is 1.79. The highest BCUT2D eigenvalue weighted by Crippen LogP contribution is 2.44. The predicted octanol–water partition coefficient (Wildman–Crippen LogP) is 7.01. The van der Waals surface area contributed by atoms with E-state index >= 15 is 0 Å². The van der Waals surface area contributed by atoms with Gasteiger partial charge in [0.15, 0.2) is 0 Å². The van der Waals surface area contributed by atoms with E-state index in [9.17, 15) is 13.2 Å². The van der Waals surface area contributed by atoms with Gasteiger partial charge in [-0.1, -0.05) is 50.2 Å². The van der Waals surface area contributed by atoms with Crippen LogP contribution in [0.25, 0.3) is 0 Å². The fourth-order valence-electron chi connectivity index (χ4n) is 3.94. The first kappa shape index (κ1) is 21.3. The zero-order chi connectivity index (χ0) is 20.1. The first-order valence-corrected chi connectivity index (χ1v) is 10.9. The molecule has 1 nitrogen and oxygen atoms in total. The number of benzene rings is 2. The van der Waals surface area contributed by atoms with Crippen molar-refractivity contribution in [1.82, 2.24) is 4.90 Å². The van der Waals surface area contributed by atoms with E-state index in [4.69, 9.17) is 0 Å². The lowest BCUT2D eigenvalue weighted by atomic mass is 9.87. The molecule has 0 aromatic heterocycles. The van der Waals surface area contributed by atoms with Crippen LogP contribution in [0.3, 0.4) is 0 Å². The quantitative estimate of drug-likeness (QED) is 0.454. The van der Waals surface area contributed by atoms with Gasteiger partial charge in [0.25, 0.3) is 0 Å². The number of rotatable bonds is 7. The SMILES string of the molecule is CCN(CC)CCCCC1Cc2cc(C(F)(F)F)ccc2Sc2ccccc21. The normalized spacial score (nSPS) is 16.6. The molecule has 1 atom stereocenters. The monoisotopic (exact) mass is 407 g/mol. The molecule has 152 valence electrons. The molecule has 2 aromatic rings. The van der Waals surface area contributed by atoms with E-state index in [1.807, 2.05) is 12.1 Å². The summed E-state index contributed by atoms with van der Waals surface area (Å²) >= 11 is 1.60. The van der Waals surface area contributed by atoms with E-state index in [-0.39, 0.29) is 5.92 Å². The van der Waals surface area contributed by atoms with Crippen LogP contribution in [0.2, 0.25) is 0 Å². The van der Waals surface area contributed by atoms with Gasteiger partial charge in [0.05, 0.1) is 5.56 Å². The Kier molecular flexibility index (Phi) is 7.10. The predicted molar refractivity (Wildman–Crippen MR) is 110 cm³/mol. The van der Waals surface area contributed by atoms with E-state index in [0.29, 0.717) is 6.42 Å². The Morgan fingerprint density at radius 3 is 2.46 bits per heavy atom. The van der Waals surface area contributed by atoms with Crippen LogP contribution in [0.1, 0.15) is 55.7 Å².